The molecule has 0 unspecified atom stereocenters. The van der Waals surface area contributed by atoms with Crippen molar-refractivity contribution < 1.29 is 13.9 Å². The lowest BCUT2D eigenvalue weighted by molar-refractivity contribution is 0.152. The van der Waals surface area contributed by atoms with Crippen molar-refractivity contribution in [2.45, 2.75) is 19.1 Å². The maximum Gasteiger partial charge on any atom is 0.145 e. The van der Waals surface area contributed by atoms with E-state index in [-0.39, 0.29) is 10.6 Å². The minimum absolute atomic E-state index is 0.0285. The summed E-state index contributed by atoms with van der Waals surface area (Å²) in [6, 6.07) is 0.979. The van der Waals surface area contributed by atoms with E-state index in [9.17, 15) is 13.9 Å². The first-order chi connectivity index (χ1) is 6.43. The van der Waals surface area contributed by atoms with Gasteiger partial charge in [0.25, 0.3) is 0 Å². The fourth-order valence-electron chi connectivity index (χ4n) is 1.07. The lowest BCUT2D eigenvalue weighted by Crippen LogP contribution is -2.24. The molecule has 1 aromatic rings. The molecular formula is C9H10ClF2NO. The normalized spacial score (nSPS) is 15.3. The van der Waals surface area contributed by atoms with E-state index in [2.05, 4.69) is 0 Å². The van der Waals surface area contributed by atoms with Crippen molar-refractivity contribution in [1.29, 1.82) is 0 Å². The predicted octanol–water partition coefficient (Wildman–Crippen LogP) is 2.00. The Morgan fingerprint density at radius 1 is 1.43 bits per heavy atom. The molecular weight excluding hydrogens is 212 g/mol. The summed E-state index contributed by atoms with van der Waals surface area (Å²) in [5.74, 6) is -1.69. The number of rotatable bonds is 2. The van der Waals surface area contributed by atoms with Crippen LogP contribution in [-0.2, 0) is 0 Å². The number of aliphatic hydroxyl groups is 1. The number of hydrogen-bond acceptors (Lipinski definition) is 2. The molecule has 2 atom stereocenters. The third-order valence-electron chi connectivity index (χ3n) is 1.84. The van der Waals surface area contributed by atoms with Crippen molar-refractivity contribution in [1.82, 2.24) is 0 Å². The Kier molecular flexibility index (Phi) is 3.42. The first-order valence-corrected chi connectivity index (χ1v) is 4.39. The van der Waals surface area contributed by atoms with Gasteiger partial charge in [-0.05, 0) is 13.0 Å². The Balaban J connectivity index is 3.20. The first-order valence-electron chi connectivity index (χ1n) is 4.01. The fourth-order valence-corrected chi connectivity index (χ4v) is 1.30. The smallest absolute Gasteiger partial charge is 0.145 e. The summed E-state index contributed by atoms with van der Waals surface area (Å²) in [4.78, 5) is 0. The van der Waals surface area contributed by atoms with Crippen LogP contribution in [0, 0.1) is 11.6 Å². The molecule has 5 heteroatoms. The molecule has 0 saturated carbocycles. The van der Waals surface area contributed by atoms with E-state index in [4.69, 9.17) is 17.3 Å². The molecule has 14 heavy (non-hydrogen) atoms. The zero-order valence-corrected chi connectivity index (χ0v) is 8.22. The molecule has 0 radical (unpaired) electrons. The van der Waals surface area contributed by atoms with Gasteiger partial charge in [0.1, 0.15) is 11.6 Å². The van der Waals surface area contributed by atoms with Gasteiger partial charge < -0.3 is 10.8 Å². The van der Waals surface area contributed by atoms with Gasteiger partial charge in [-0.3, -0.25) is 0 Å². The zero-order valence-electron chi connectivity index (χ0n) is 7.47. The SMILES string of the molecule is C[C@@H](N)[C@@H](O)c1cc(F)cc(F)c1Cl. The highest BCUT2D eigenvalue weighted by Gasteiger charge is 2.19. The standard InChI is InChI=1S/C9H10ClF2NO/c1-4(13)9(14)6-2-5(11)3-7(12)8(6)10/h2-4,9,14H,13H2,1H3/t4-,9-/m1/s1. The second kappa shape index (κ2) is 4.21. The van der Waals surface area contributed by atoms with Crippen LogP contribution >= 0.6 is 11.6 Å². The molecule has 0 amide bonds. The minimum Gasteiger partial charge on any atom is -0.387 e. The van der Waals surface area contributed by atoms with Gasteiger partial charge in [-0.15, -0.1) is 0 Å². The summed E-state index contributed by atoms with van der Waals surface area (Å²) in [5.41, 5.74) is 5.35. The molecule has 0 aliphatic heterocycles. The summed E-state index contributed by atoms with van der Waals surface area (Å²) in [6.07, 6.45) is -1.17. The summed E-state index contributed by atoms with van der Waals surface area (Å²) < 4.78 is 25.7. The quantitative estimate of drug-likeness (QED) is 0.751. The molecule has 0 saturated heterocycles. The Bertz CT molecular complexity index is 344. The second-order valence-electron chi connectivity index (χ2n) is 3.09. The maximum atomic E-state index is 12.9. The molecule has 0 aliphatic carbocycles. The van der Waals surface area contributed by atoms with Crippen LogP contribution in [-0.4, -0.2) is 11.1 Å². The lowest BCUT2D eigenvalue weighted by atomic mass is 10.0. The van der Waals surface area contributed by atoms with Crippen molar-refractivity contribution in [3.05, 3.63) is 34.4 Å². The van der Waals surface area contributed by atoms with E-state index in [0.29, 0.717) is 6.07 Å². The van der Waals surface area contributed by atoms with Gasteiger partial charge in [0, 0.05) is 17.7 Å². The Morgan fingerprint density at radius 2 is 2.00 bits per heavy atom. The molecule has 3 N–H and O–H groups in total. The van der Waals surface area contributed by atoms with Crippen LogP contribution in [0.3, 0.4) is 0 Å². The highest BCUT2D eigenvalue weighted by atomic mass is 35.5. The monoisotopic (exact) mass is 221 g/mol. The van der Waals surface area contributed by atoms with Crippen molar-refractivity contribution in [3.8, 4) is 0 Å². The predicted molar refractivity (Wildman–Crippen MR) is 50.0 cm³/mol. The summed E-state index contributed by atoms with van der Waals surface area (Å²) >= 11 is 5.55. The van der Waals surface area contributed by atoms with E-state index in [0.717, 1.165) is 6.07 Å². The average Bonchev–Trinajstić information content (AvgIpc) is 2.09. The summed E-state index contributed by atoms with van der Waals surface area (Å²) in [5, 5.41) is 9.19. The van der Waals surface area contributed by atoms with Gasteiger partial charge in [-0.25, -0.2) is 8.78 Å². The molecule has 1 aromatic carbocycles. The Labute approximate surface area is 85.3 Å². The van der Waals surface area contributed by atoms with Gasteiger partial charge >= 0.3 is 0 Å². The Hall–Kier alpha value is -0.710. The van der Waals surface area contributed by atoms with Crippen LogP contribution in [0.5, 0.6) is 0 Å². The highest BCUT2D eigenvalue weighted by molar-refractivity contribution is 6.31. The first kappa shape index (κ1) is 11.4. The van der Waals surface area contributed by atoms with Crippen LogP contribution < -0.4 is 5.73 Å². The van der Waals surface area contributed by atoms with Crippen LogP contribution in [0.2, 0.25) is 5.02 Å². The molecule has 0 spiro atoms. The molecule has 0 heterocycles. The number of benzene rings is 1. The lowest BCUT2D eigenvalue weighted by Gasteiger charge is -2.16. The molecule has 0 aromatic heterocycles. The minimum atomic E-state index is -1.17. The second-order valence-corrected chi connectivity index (χ2v) is 3.47. The highest BCUT2D eigenvalue weighted by Crippen LogP contribution is 2.28. The van der Waals surface area contributed by atoms with Gasteiger partial charge in [0.15, 0.2) is 0 Å². The molecule has 78 valence electrons. The van der Waals surface area contributed by atoms with E-state index in [1.165, 1.54) is 6.92 Å². The maximum absolute atomic E-state index is 12.9. The molecule has 0 bridgehead atoms. The van der Waals surface area contributed by atoms with E-state index in [1.807, 2.05) is 0 Å². The molecule has 0 aliphatic rings. The number of hydrogen-bond donors (Lipinski definition) is 2. The van der Waals surface area contributed by atoms with Crippen molar-refractivity contribution in [2.24, 2.45) is 5.73 Å². The van der Waals surface area contributed by atoms with Crippen molar-refractivity contribution >= 4 is 11.6 Å². The molecule has 2 nitrogen and oxygen atoms in total. The van der Waals surface area contributed by atoms with E-state index in [1.54, 1.807) is 0 Å². The van der Waals surface area contributed by atoms with Crippen molar-refractivity contribution in [2.75, 3.05) is 0 Å². The topological polar surface area (TPSA) is 46.2 Å². The number of aliphatic hydroxyl groups excluding tert-OH is 1. The largest absolute Gasteiger partial charge is 0.387 e. The van der Waals surface area contributed by atoms with E-state index >= 15 is 0 Å². The third kappa shape index (κ3) is 2.20. The van der Waals surface area contributed by atoms with Crippen LogP contribution in [0.25, 0.3) is 0 Å². The third-order valence-corrected chi connectivity index (χ3v) is 2.24. The number of halogens is 3. The van der Waals surface area contributed by atoms with Crippen LogP contribution in [0.4, 0.5) is 8.78 Å². The number of nitrogens with two attached hydrogens (primary N) is 1. The van der Waals surface area contributed by atoms with Gasteiger partial charge in [0.05, 0.1) is 11.1 Å². The average molecular weight is 222 g/mol. The van der Waals surface area contributed by atoms with E-state index < -0.39 is 23.8 Å². The summed E-state index contributed by atoms with van der Waals surface area (Å²) in [6.45, 7) is 1.52. The fraction of sp³-hybridized carbons (Fsp3) is 0.333. The Morgan fingerprint density at radius 3 is 2.50 bits per heavy atom. The van der Waals surface area contributed by atoms with Gasteiger partial charge in [-0.2, -0.15) is 0 Å². The van der Waals surface area contributed by atoms with Gasteiger partial charge in [-0.1, -0.05) is 11.6 Å². The van der Waals surface area contributed by atoms with Crippen LogP contribution in [0.1, 0.15) is 18.6 Å². The van der Waals surface area contributed by atoms with Crippen LogP contribution in [0.15, 0.2) is 12.1 Å². The van der Waals surface area contributed by atoms with Crippen molar-refractivity contribution in [3.63, 3.8) is 0 Å². The van der Waals surface area contributed by atoms with Gasteiger partial charge in [0.2, 0.25) is 0 Å². The molecule has 0 fully saturated rings. The molecule has 1 rings (SSSR count). The summed E-state index contributed by atoms with van der Waals surface area (Å²) in [7, 11) is 0. The zero-order chi connectivity index (χ0) is 10.9.